The summed E-state index contributed by atoms with van der Waals surface area (Å²) in [6.07, 6.45) is 1.86. The molecule has 0 saturated carbocycles. The van der Waals surface area contributed by atoms with E-state index in [1.807, 2.05) is 10.5 Å². The standard InChI is InChI=1S/C22H25ClN2O/c1-3-16-11-15(2)21-18(12-16)19-13-24(23)14-20(19)25(22(21)26)10-9-17-7-5-4-6-8-17/h4-8,11-12,19-20H,3,9-10,13-14H2,1-2H3/t19-,20+/m1/s1. The molecule has 1 saturated heterocycles. The highest BCUT2D eigenvalue weighted by molar-refractivity contribution is 6.13. The molecule has 3 nitrogen and oxygen atoms in total. The van der Waals surface area contributed by atoms with E-state index in [0.29, 0.717) is 5.92 Å². The van der Waals surface area contributed by atoms with Crippen LogP contribution in [0.4, 0.5) is 0 Å². The molecule has 2 atom stereocenters. The zero-order chi connectivity index (χ0) is 18.3. The van der Waals surface area contributed by atoms with Gasteiger partial charge in [-0.05, 0) is 53.8 Å². The highest BCUT2D eigenvalue weighted by atomic mass is 35.5. The fourth-order valence-electron chi connectivity index (χ4n) is 4.50. The summed E-state index contributed by atoms with van der Waals surface area (Å²) >= 11 is 6.39. The molecule has 4 heteroatoms. The maximum Gasteiger partial charge on any atom is 0.254 e. The van der Waals surface area contributed by atoms with Crippen LogP contribution < -0.4 is 0 Å². The van der Waals surface area contributed by atoms with Crippen LogP contribution in [0.15, 0.2) is 42.5 Å². The van der Waals surface area contributed by atoms with Gasteiger partial charge in [0.05, 0.1) is 6.04 Å². The van der Waals surface area contributed by atoms with Crippen molar-refractivity contribution in [3.63, 3.8) is 0 Å². The van der Waals surface area contributed by atoms with Gasteiger partial charge in [0.15, 0.2) is 0 Å². The minimum Gasteiger partial charge on any atom is -0.333 e. The summed E-state index contributed by atoms with van der Waals surface area (Å²) in [5.74, 6) is 0.477. The van der Waals surface area contributed by atoms with Crippen molar-refractivity contribution in [3.05, 3.63) is 70.3 Å². The van der Waals surface area contributed by atoms with E-state index in [4.69, 9.17) is 11.8 Å². The zero-order valence-electron chi connectivity index (χ0n) is 15.4. The second kappa shape index (κ2) is 7.05. The van der Waals surface area contributed by atoms with Crippen LogP contribution in [0.1, 0.15) is 45.5 Å². The van der Waals surface area contributed by atoms with E-state index in [2.05, 4.69) is 55.1 Å². The molecule has 4 rings (SSSR count). The molecular weight excluding hydrogens is 344 g/mol. The number of rotatable bonds is 4. The molecule has 1 amide bonds. The first-order valence-electron chi connectivity index (χ1n) is 9.47. The van der Waals surface area contributed by atoms with Crippen LogP contribution in [0.3, 0.4) is 0 Å². The number of hydrogen-bond acceptors (Lipinski definition) is 2. The summed E-state index contributed by atoms with van der Waals surface area (Å²) < 4.78 is 1.85. The first-order valence-corrected chi connectivity index (χ1v) is 9.81. The Morgan fingerprint density at radius 1 is 1.12 bits per heavy atom. The number of carbonyl (C=O) groups excluding carboxylic acids is 1. The van der Waals surface area contributed by atoms with E-state index in [1.165, 1.54) is 16.7 Å². The molecule has 0 spiro atoms. The van der Waals surface area contributed by atoms with Crippen LogP contribution in [0.5, 0.6) is 0 Å². The van der Waals surface area contributed by atoms with Crippen LogP contribution >= 0.6 is 11.8 Å². The van der Waals surface area contributed by atoms with Crippen molar-refractivity contribution < 1.29 is 4.79 Å². The van der Waals surface area contributed by atoms with Gasteiger partial charge < -0.3 is 4.90 Å². The maximum atomic E-state index is 13.4. The van der Waals surface area contributed by atoms with Gasteiger partial charge in [0.2, 0.25) is 0 Å². The highest BCUT2D eigenvalue weighted by Crippen LogP contribution is 2.40. The van der Waals surface area contributed by atoms with E-state index in [0.717, 1.165) is 43.6 Å². The average Bonchev–Trinajstić information content (AvgIpc) is 3.03. The lowest BCUT2D eigenvalue weighted by Crippen LogP contribution is -2.49. The number of hydrogen-bond donors (Lipinski definition) is 0. The Bertz CT molecular complexity index is 820. The molecule has 2 aliphatic heterocycles. The summed E-state index contributed by atoms with van der Waals surface area (Å²) in [6.45, 7) is 6.52. The number of fused-ring (bicyclic) bond motifs is 3. The predicted octanol–water partition coefficient (Wildman–Crippen LogP) is 4.18. The summed E-state index contributed by atoms with van der Waals surface area (Å²) in [6, 6.07) is 15.0. The quantitative estimate of drug-likeness (QED) is 0.756. The Kier molecular flexibility index (Phi) is 4.76. The van der Waals surface area contributed by atoms with Crippen LogP contribution in [-0.2, 0) is 12.8 Å². The molecular formula is C22H25ClN2O. The summed E-state index contributed by atoms with van der Waals surface area (Å²) in [5, 5.41) is 0. The summed E-state index contributed by atoms with van der Waals surface area (Å²) in [7, 11) is 0. The minimum atomic E-state index is 0.169. The fraction of sp³-hybridized carbons (Fsp3) is 0.409. The molecule has 2 heterocycles. The molecule has 136 valence electrons. The third-order valence-corrected chi connectivity index (χ3v) is 6.11. The Morgan fingerprint density at radius 3 is 2.62 bits per heavy atom. The van der Waals surface area contributed by atoms with Crippen LogP contribution in [-0.4, -0.2) is 40.9 Å². The minimum absolute atomic E-state index is 0.169. The fourth-order valence-corrected chi connectivity index (χ4v) is 4.79. The lowest BCUT2D eigenvalue weighted by atomic mass is 9.81. The Morgan fingerprint density at radius 2 is 1.88 bits per heavy atom. The monoisotopic (exact) mass is 368 g/mol. The van der Waals surface area contributed by atoms with Crippen molar-refractivity contribution in [3.8, 4) is 0 Å². The number of halogens is 1. The third-order valence-electron chi connectivity index (χ3n) is 5.84. The van der Waals surface area contributed by atoms with Crippen molar-refractivity contribution in [2.75, 3.05) is 19.6 Å². The second-order valence-corrected chi connectivity index (χ2v) is 7.94. The number of benzene rings is 2. The molecule has 26 heavy (non-hydrogen) atoms. The van der Waals surface area contributed by atoms with Gasteiger partial charge in [-0.1, -0.05) is 49.4 Å². The maximum absolute atomic E-state index is 13.4. The van der Waals surface area contributed by atoms with E-state index in [9.17, 15) is 4.79 Å². The van der Waals surface area contributed by atoms with Gasteiger partial charge in [0.25, 0.3) is 5.91 Å². The second-order valence-electron chi connectivity index (χ2n) is 7.47. The SMILES string of the molecule is CCc1cc(C)c2c(c1)[C@H]1CN(Cl)C[C@@H]1N(CCc1ccccc1)C2=O. The molecule has 0 unspecified atom stereocenters. The first-order chi connectivity index (χ1) is 12.6. The lowest BCUT2D eigenvalue weighted by molar-refractivity contribution is 0.0647. The highest BCUT2D eigenvalue weighted by Gasteiger charge is 2.45. The average molecular weight is 369 g/mol. The predicted molar refractivity (Wildman–Crippen MR) is 106 cm³/mol. The van der Waals surface area contributed by atoms with E-state index >= 15 is 0 Å². The Hall–Kier alpha value is -1.84. The van der Waals surface area contributed by atoms with Gasteiger partial charge in [0.1, 0.15) is 0 Å². The molecule has 0 radical (unpaired) electrons. The normalized spacial score (nSPS) is 22.4. The van der Waals surface area contributed by atoms with Gasteiger partial charge in [-0.2, -0.15) is 0 Å². The zero-order valence-corrected chi connectivity index (χ0v) is 16.2. The molecule has 2 aliphatic rings. The smallest absolute Gasteiger partial charge is 0.254 e. The molecule has 0 aliphatic carbocycles. The van der Waals surface area contributed by atoms with Gasteiger partial charge >= 0.3 is 0 Å². The van der Waals surface area contributed by atoms with Crippen molar-refractivity contribution >= 4 is 17.7 Å². The van der Waals surface area contributed by atoms with Crippen molar-refractivity contribution in [1.29, 1.82) is 0 Å². The van der Waals surface area contributed by atoms with Gasteiger partial charge in [-0.25, -0.2) is 4.42 Å². The van der Waals surface area contributed by atoms with Crippen LogP contribution in [0.2, 0.25) is 0 Å². The molecule has 0 bridgehead atoms. The van der Waals surface area contributed by atoms with Gasteiger partial charge in [-0.15, -0.1) is 0 Å². The first kappa shape index (κ1) is 17.6. The van der Waals surface area contributed by atoms with E-state index in [1.54, 1.807) is 0 Å². The Labute approximate surface area is 160 Å². The topological polar surface area (TPSA) is 23.6 Å². The molecule has 2 aromatic carbocycles. The van der Waals surface area contributed by atoms with Crippen molar-refractivity contribution in [2.24, 2.45) is 0 Å². The number of nitrogens with zero attached hydrogens (tertiary/aromatic N) is 2. The van der Waals surface area contributed by atoms with Crippen LogP contribution in [0.25, 0.3) is 0 Å². The van der Waals surface area contributed by atoms with E-state index < -0.39 is 0 Å². The third kappa shape index (κ3) is 3.04. The number of amides is 1. The Balaban J connectivity index is 1.69. The van der Waals surface area contributed by atoms with Crippen LogP contribution in [0, 0.1) is 6.92 Å². The van der Waals surface area contributed by atoms with Gasteiger partial charge in [-0.3, -0.25) is 4.79 Å². The van der Waals surface area contributed by atoms with Crippen molar-refractivity contribution in [1.82, 2.24) is 9.32 Å². The molecule has 0 N–H and O–H groups in total. The number of carbonyl (C=O) groups is 1. The van der Waals surface area contributed by atoms with Gasteiger partial charge in [0, 0.05) is 31.1 Å². The van der Waals surface area contributed by atoms with Crippen molar-refractivity contribution in [2.45, 2.75) is 38.6 Å². The van der Waals surface area contributed by atoms with E-state index in [-0.39, 0.29) is 11.9 Å². The largest absolute Gasteiger partial charge is 0.333 e. The molecule has 0 aromatic heterocycles. The summed E-state index contributed by atoms with van der Waals surface area (Å²) in [4.78, 5) is 15.4. The molecule has 1 fully saturated rings. The lowest BCUT2D eigenvalue weighted by Gasteiger charge is -2.39. The number of aryl methyl sites for hydroxylation is 2. The summed E-state index contributed by atoms with van der Waals surface area (Å²) in [5.41, 5.74) is 5.78. The molecule has 2 aromatic rings.